The van der Waals surface area contributed by atoms with Crippen LogP contribution in [0.3, 0.4) is 0 Å². The molecule has 2 atom stereocenters. The Morgan fingerprint density at radius 1 is 1.11 bits per heavy atom. The number of rotatable bonds is 12. The van der Waals surface area contributed by atoms with Crippen LogP contribution in [0.25, 0.3) is 15.2 Å². The van der Waals surface area contributed by atoms with Crippen LogP contribution in [0.15, 0.2) is 70.5 Å². The molecule has 230 valence electrons. The van der Waals surface area contributed by atoms with Crippen molar-refractivity contribution in [3.63, 3.8) is 0 Å². The molecule has 3 aromatic heterocycles. The maximum Gasteiger partial charge on any atom is 0.333 e. The lowest BCUT2D eigenvalue weighted by Gasteiger charge is -2.23. The van der Waals surface area contributed by atoms with Gasteiger partial charge in [0.2, 0.25) is 0 Å². The molecule has 0 amide bonds. The van der Waals surface area contributed by atoms with E-state index in [4.69, 9.17) is 14.2 Å². The van der Waals surface area contributed by atoms with Crippen molar-refractivity contribution >= 4 is 27.5 Å². The van der Waals surface area contributed by atoms with Gasteiger partial charge < -0.3 is 19.3 Å². The van der Waals surface area contributed by atoms with Gasteiger partial charge in [-0.15, -0.1) is 4.80 Å². The quantitative estimate of drug-likeness (QED) is 0.207. The van der Waals surface area contributed by atoms with Gasteiger partial charge >= 0.3 is 11.7 Å². The molecule has 0 spiro atoms. The zero-order chi connectivity index (χ0) is 31.4. The number of benzene rings is 2. The summed E-state index contributed by atoms with van der Waals surface area (Å²) in [6.07, 6.45) is 1.97. The first kappa shape index (κ1) is 30.8. The molecule has 0 fully saturated rings. The summed E-state index contributed by atoms with van der Waals surface area (Å²) in [6.45, 7) is 2.39. The van der Waals surface area contributed by atoms with E-state index in [2.05, 4.69) is 10.2 Å². The molecule has 2 aromatic carbocycles. The molecule has 0 bridgehead atoms. The van der Waals surface area contributed by atoms with Crippen molar-refractivity contribution in [2.45, 2.75) is 39.1 Å². The fraction of sp³-hybridized carbons (Fsp3) is 0.300. The molecule has 5 aromatic rings. The van der Waals surface area contributed by atoms with Gasteiger partial charge in [0.15, 0.2) is 0 Å². The highest BCUT2D eigenvalue weighted by Gasteiger charge is 2.29. The minimum Gasteiger partial charge on any atom is -0.496 e. The first-order chi connectivity index (χ1) is 21.2. The molecule has 5 rings (SSSR count). The molecule has 0 saturated carbocycles. The number of aliphatic hydroxyl groups excluding tert-OH is 1. The van der Waals surface area contributed by atoms with Crippen molar-refractivity contribution in [2.75, 3.05) is 20.3 Å². The molecule has 3 heterocycles. The summed E-state index contributed by atoms with van der Waals surface area (Å²) < 4.78 is 33.4. The Morgan fingerprint density at radius 3 is 2.52 bits per heavy atom. The largest absolute Gasteiger partial charge is 0.496 e. The fourth-order valence-electron chi connectivity index (χ4n) is 4.88. The highest BCUT2D eigenvalue weighted by Crippen LogP contribution is 2.34. The molecule has 0 aliphatic carbocycles. The average molecular weight is 624 g/mol. The van der Waals surface area contributed by atoms with Crippen molar-refractivity contribution < 1.29 is 28.5 Å². The second-order valence-electron chi connectivity index (χ2n) is 9.84. The molecule has 0 aliphatic heterocycles. The molecule has 0 radical (unpaired) electrons. The second kappa shape index (κ2) is 13.3. The molecule has 14 heteroatoms. The van der Waals surface area contributed by atoms with Gasteiger partial charge in [0.25, 0.3) is 5.56 Å². The standard InChI is InChI=1S/C30H30FN5O7S/c1-18-25-26(38)35(19(2)29(39)43-17-20-7-5-4-6-8-20)30(40)34(28(25)44-27(18)36-32-11-12-33-36)16-24(42-14-13-37)22-15-21(31)9-10-23(22)41-3/h4-12,15,19,24,37H,13-14,16-17H2,1-3H3/t19?,24-/m0/s1. The van der Waals surface area contributed by atoms with Gasteiger partial charge in [-0.25, -0.2) is 18.5 Å². The van der Waals surface area contributed by atoms with Gasteiger partial charge in [-0.2, -0.15) is 10.2 Å². The monoisotopic (exact) mass is 623 g/mol. The van der Waals surface area contributed by atoms with E-state index in [-0.39, 0.29) is 42.1 Å². The maximum atomic E-state index is 14.4. The molecule has 1 unspecified atom stereocenters. The van der Waals surface area contributed by atoms with Gasteiger partial charge in [-0.3, -0.25) is 9.36 Å². The summed E-state index contributed by atoms with van der Waals surface area (Å²) in [4.78, 5) is 42.9. The first-order valence-corrected chi connectivity index (χ1v) is 14.5. The van der Waals surface area contributed by atoms with Crippen molar-refractivity contribution in [1.82, 2.24) is 24.1 Å². The molecule has 44 heavy (non-hydrogen) atoms. The van der Waals surface area contributed by atoms with Crippen LogP contribution < -0.4 is 16.0 Å². The SMILES string of the molecule is COc1ccc(F)cc1[C@H](Cn1c(=O)n(C(C)C(=O)OCc2ccccc2)c(=O)c2c(C)c(-n3nccn3)sc21)OCCO. The summed E-state index contributed by atoms with van der Waals surface area (Å²) in [5.41, 5.74) is 0.0341. The third-order valence-corrected chi connectivity index (χ3v) is 8.35. The number of halogens is 1. The number of aryl methyl sites for hydroxylation is 1. The predicted octanol–water partition coefficient (Wildman–Crippen LogP) is 3.32. The van der Waals surface area contributed by atoms with E-state index in [0.717, 1.165) is 21.5 Å². The minimum absolute atomic E-state index is 0.0434. The van der Waals surface area contributed by atoms with Crippen LogP contribution in [-0.2, 0) is 27.4 Å². The number of aliphatic hydroxyl groups is 1. The molecule has 0 aliphatic rings. The number of aromatic nitrogens is 5. The predicted molar refractivity (Wildman–Crippen MR) is 160 cm³/mol. The van der Waals surface area contributed by atoms with Crippen molar-refractivity contribution in [2.24, 2.45) is 0 Å². The summed E-state index contributed by atoms with van der Waals surface area (Å²) >= 11 is 1.11. The number of thiophene rings is 1. The number of nitrogens with zero attached hydrogens (tertiary/aromatic N) is 5. The Labute approximate surface area is 254 Å². The first-order valence-electron chi connectivity index (χ1n) is 13.7. The zero-order valence-electron chi connectivity index (χ0n) is 24.2. The molecule has 0 saturated heterocycles. The number of fused-ring (bicyclic) bond motifs is 1. The van der Waals surface area contributed by atoms with Crippen LogP contribution in [-0.4, -0.2) is 55.5 Å². The Hall–Kier alpha value is -4.66. The Morgan fingerprint density at radius 2 is 1.84 bits per heavy atom. The van der Waals surface area contributed by atoms with E-state index < -0.39 is 35.2 Å². The Balaban J connectivity index is 1.67. The number of carbonyl (C=O) groups excluding carboxylic acids is 1. The number of carbonyl (C=O) groups is 1. The normalized spacial score (nSPS) is 12.8. The van der Waals surface area contributed by atoms with Gasteiger partial charge in [-0.05, 0) is 37.6 Å². The summed E-state index contributed by atoms with van der Waals surface area (Å²) in [6, 6.07) is 11.6. The topological polar surface area (TPSA) is 140 Å². The summed E-state index contributed by atoms with van der Waals surface area (Å²) in [7, 11) is 1.42. The van der Waals surface area contributed by atoms with Gasteiger partial charge in [0.05, 0.1) is 44.6 Å². The maximum absolute atomic E-state index is 14.4. The average Bonchev–Trinajstić information content (AvgIpc) is 3.68. The van der Waals surface area contributed by atoms with Crippen molar-refractivity contribution in [3.8, 4) is 10.8 Å². The zero-order valence-corrected chi connectivity index (χ0v) is 25.0. The Kier molecular flexibility index (Phi) is 9.32. The highest BCUT2D eigenvalue weighted by atomic mass is 32.1. The highest BCUT2D eigenvalue weighted by molar-refractivity contribution is 7.21. The summed E-state index contributed by atoms with van der Waals surface area (Å²) in [5, 5.41) is 18.5. The van der Waals surface area contributed by atoms with Gasteiger partial charge in [0, 0.05) is 11.1 Å². The third-order valence-electron chi connectivity index (χ3n) is 7.07. The number of hydrogen-bond donors (Lipinski definition) is 1. The lowest BCUT2D eigenvalue weighted by molar-refractivity contribution is -0.148. The number of ether oxygens (including phenoxy) is 3. The fourth-order valence-corrected chi connectivity index (χ4v) is 6.10. The van der Waals surface area contributed by atoms with E-state index >= 15 is 0 Å². The van der Waals surface area contributed by atoms with Gasteiger partial charge in [0.1, 0.15) is 40.2 Å². The van der Waals surface area contributed by atoms with Crippen LogP contribution in [0, 0.1) is 12.7 Å². The number of methoxy groups -OCH3 is 1. The van der Waals surface area contributed by atoms with Gasteiger partial charge in [-0.1, -0.05) is 41.7 Å². The lowest BCUT2D eigenvalue weighted by Crippen LogP contribution is -2.44. The van der Waals surface area contributed by atoms with E-state index in [1.54, 1.807) is 31.2 Å². The molecular formula is C30H30FN5O7S. The lowest BCUT2D eigenvalue weighted by atomic mass is 10.1. The second-order valence-corrected chi connectivity index (χ2v) is 10.8. The van der Waals surface area contributed by atoms with Crippen molar-refractivity contribution in [1.29, 1.82) is 0 Å². The van der Waals surface area contributed by atoms with Crippen LogP contribution in [0.1, 0.15) is 35.8 Å². The third kappa shape index (κ3) is 6.04. The number of hydrogen-bond acceptors (Lipinski definition) is 10. The minimum atomic E-state index is -1.29. The Bertz CT molecular complexity index is 1890. The van der Waals surface area contributed by atoms with Crippen LogP contribution in [0.5, 0.6) is 5.75 Å². The van der Waals surface area contributed by atoms with E-state index in [1.807, 2.05) is 6.07 Å². The van der Waals surface area contributed by atoms with Crippen molar-refractivity contribution in [3.05, 3.63) is 104 Å². The molecule has 12 nitrogen and oxygen atoms in total. The molecule has 1 N–H and O–H groups in total. The van der Waals surface area contributed by atoms with E-state index in [9.17, 15) is 23.9 Å². The summed E-state index contributed by atoms with van der Waals surface area (Å²) in [5.74, 6) is -1.04. The van der Waals surface area contributed by atoms with E-state index in [0.29, 0.717) is 16.3 Å². The van der Waals surface area contributed by atoms with Crippen LogP contribution in [0.2, 0.25) is 0 Å². The van der Waals surface area contributed by atoms with Crippen LogP contribution in [0.4, 0.5) is 4.39 Å². The molecular weight excluding hydrogens is 593 g/mol. The number of esters is 1. The smallest absolute Gasteiger partial charge is 0.333 e. The van der Waals surface area contributed by atoms with E-state index in [1.165, 1.54) is 54.0 Å². The van der Waals surface area contributed by atoms with Crippen LogP contribution >= 0.6 is 11.3 Å².